The van der Waals surface area contributed by atoms with E-state index < -0.39 is 0 Å². The van der Waals surface area contributed by atoms with E-state index >= 15 is 0 Å². The molecule has 0 unspecified atom stereocenters. The molecule has 7 nitrogen and oxygen atoms in total. The smallest absolute Gasteiger partial charge is 0.282 e. The Kier molecular flexibility index (Phi) is 4.63. The summed E-state index contributed by atoms with van der Waals surface area (Å²) in [5.74, 6) is 1.15. The van der Waals surface area contributed by atoms with Crippen LogP contribution in [0.3, 0.4) is 0 Å². The average molecular weight is 412 g/mol. The van der Waals surface area contributed by atoms with Crippen LogP contribution in [0.4, 0.5) is 0 Å². The lowest BCUT2D eigenvalue weighted by Crippen LogP contribution is -2.24. The van der Waals surface area contributed by atoms with Crippen molar-refractivity contribution in [2.75, 3.05) is 0 Å². The maximum atomic E-state index is 13.6. The molecule has 0 saturated heterocycles. The minimum Gasteiger partial charge on any atom is -0.467 e. The molecule has 0 saturated carbocycles. The van der Waals surface area contributed by atoms with Crippen LogP contribution in [0.15, 0.2) is 93.2 Å². The first kappa shape index (κ1) is 18.9. The zero-order valence-corrected chi connectivity index (χ0v) is 16.9. The quantitative estimate of drug-likeness (QED) is 0.444. The molecule has 0 N–H and O–H groups in total. The molecule has 0 fully saturated rings. The van der Waals surface area contributed by atoms with Gasteiger partial charge in [-0.3, -0.25) is 14.3 Å². The molecule has 154 valence electrons. The summed E-state index contributed by atoms with van der Waals surface area (Å²) in [5, 5.41) is 0.493. The van der Waals surface area contributed by atoms with Gasteiger partial charge in [0.05, 0.1) is 30.3 Å². The number of benzene rings is 1. The Balaban J connectivity index is 1.79. The second kappa shape index (κ2) is 7.60. The summed E-state index contributed by atoms with van der Waals surface area (Å²) in [6, 6.07) is 20.4. The molecule has 31 heavy (non-hydrogen) atoms. The Hall–Kier alpha value is -4.13. The van der Waals surface area contributed by atoms with Crippen LogP contribution in [0, 0.1) is 6.92 Å². The molecule has 0 aliphatic rings. The number of hydrogen-bond donors (Lipinski definition) is 0. The Morgan fingerprint density at radius 3 is 2.45 bits per heavy atom. The summed E-state index contributed by atoms with van der Waals surface area (Å²) >= 11 is 0. The molecule has 0 aliphatic carbocycles. The molecule has 0 radical (unpaired) electrons. The lowest BCUT2D eigenvalue weighted by Gasteiger charge is -2.13. The highest BCUT2D eigenvalue weighted by Gasteiger charge is 2.21. The van der Waals surface area contributed by atoms with Crippen LogP contribution in [0.1, 0.15) is 17.0 Å². The molecule has 0 bridgehead atoms. The number of fused-ring (bicyclic) bond motifs is 1. The fraction of sp³-hybridized carbons (Fsp3) is 0.125. The molecule has 0 spiro atoms. The number of furan rings is 1. The monoisotopic (exact) mass is 412 g/mol. The second-order valence-corrected chi connectivity index (χ2v) is 7.34. The predicted octanol–water partition coefficient (Wildman–Crippen LogP) is 3.35. The van der Waals surface area contributed by atoms with E-state index in [4.69, 9.17) is 4.42 Å². The molecule has 5 rings (SSSR count). The third-order valence-corrected chi connectivity index (χ3v) is 5.41. The minimum absolute atomic E-state index is 0.193. The molecule has 4 heterocycles. The van der Waals surface area contributed by atoms with E-state index in [0.717, 1.165) is 5.56 Å². The van der Waals surface area contributed by atoms with Crippen LogP contribution in [0.5, 0.6) is 0 Å². The first-order chi connectivity index (χ1) is 15.1. The fourth-order valence-corrected chi connectivity index (χ4v) is 3.92. The van der Waals surface area contributed by atoms with Crippen molar-refractivity contribution in [2.24, 2.45) is 0 Å². The van der Waals surface area contributed by atoms with Gasteiger partial charge in [0.15, 0.2) is 5.82 Å². The van der Waals surface area contributed by atoms with Gasteiger partial charge in [0.2, 0.25) is 0 Å². The fourth-order valence-electron chi connectivity index (χ4n) is 3.92. The van der Waals surface area contributed by atoms with Crippen LogP contribution in [-0.4, -0.2) is 18.9 Å². The maximum Gasteiger partial charge on any atom is 0.282 e. The van der Waals surface area contributed by atoms with Gasteiger partial charge in [-0.2, -0.15) is 4.68 Å². The Bertz CT molecular complexity index is 1460. The number of nitrogens with zero attached hydrogens (tertiary/aromatic N) is 4. The van der Waals surface area contributed by atoms with Crippen molar-refractivity contribution in [3.05, 3.63) is 117 Å². The normalized spacial score (nSPS) is 11.3. The SMILES string of the molecule is Cc1c2c(=O)n(-c3ccccn3)n(Cc3ccccc3)c2cc(=O)n1Cc1ccco1. The van der Waals surface area contributed by atoms with Gasteiger partial charge in [0.25, 0.3) is 11.1 Å². The number of rotatable bonds is 5. The summed E-state index contributed by atoms with van der Waals surface area (Å²) in [4.78, 5) is 31.0. The summed E-state index contributed by atoms with van der Waals surface area (Å²) in [7, 11) is 0. The summed E-state index contributed by atoms with van der Waals surface area (Å²) in [6.45, 7) is 2.49. The number of hydrogen-bond acceptors (Lipinski definition) is 4. The van der Waals surface area contributed by atoms with E-state index in [0.29, 0.717) is 34.7 Å². The highest BCUT2D eigenvalue weighted by molar-refractivity contribution is 5.81. The van der Waals surface area contributed by atoms with Crippen LogP contribution in [0.2, 0.25) is 0 Å². The largest absolute Gasteiger partial charge is 0.467 e. The van der Waals surface area contributed by atoms with Gasteiger partial charge in [0, 0.05) is 18.0 Å². The molecule has 7 heteroatoms. The first-order valence-electron chi connectivity index (χ1n) is 9.97. The van der Waals surface area contributed by atoms with Gasteiger partial charge in [-0.05, 0) is 36.8 Å². The molecule has 0 aliphatic heterocycles. The summed E-state index contributed by atoms with van der Waals surface area (Å²) in [6.07, 6.45) is 3.22. The van der Waals surface area contributed by atoms with E-state index in [1.165, 1.54) is 6.07 Å². The van der Waals surface area contributed by atoms with Gasteiger partial charge in [-0.25, -0.2) is 4.98 Å². The van der Waals surface area contributed by atoms with E-state index in [-0.39, 0.29) is 17.7 Å². The van der Waals surface area contributed by atoms with Gasteiger partial charge >= 0.3 is 0 Å². The predicted molar refractivity (Wildman–Crippen MR) is 118 cm³/mol. The maximum absolute atomic E-state index is 13.6. The Morgan fingerprint density at radius 2 is 1.74 bits per heavy atom. The molecular weight excluding hydrogens is 392 g/mol. The lowest BCUT2D eigenvalue weighted by molar-refractivity contribution is 0.487. The van der Waals surface area contributed by atoms with Gasteiger partial charge < -0.3 is 8.98 Å². The van der Waals surface area contributed by atoms with Gasteiger partial charge in [-0.15, -0.1) is 0 Å². The van der Waals surface area contributed by atoms with Crippen molar-refractivity contribution >= 4 is 10.9 Å². The van der Waals surface area contributed by atoms with E-state index in [1.54, 1.807) is 46.8 Å². The molecule has 1 aromatic carbocycles. The Morgan fingerprint density at radius 1 is 0.935 bits per heavy atom. The standard InChI is InChI=1S/C24H20N4O3/c1-17-23-20(14-22(29)26(17)16-19-10-7-13-31-19)27(15-18-8-3-2-4-9-18)28(24(23)30)21-11-5-6-12-25-21/h2-14H,15-16H2,1H3. The van der Waals surface area contributed by atoms with E-state index in [9.17, 15) is 9.59 Å². The van der Waals surface area contributed by atoms with Gasteiger partial charge in [-0.1, -0.05) is 36.4 Å². The van der Waals surface area contributed by atoms with Crippen molar-refractivity contribution in [1.29, 1.82) is 0 Å². The number of pyridine rings is 2. The third kappa shape index (κ3) is 3.30. The van der Waals surface area contributed by atoms with Gasteiger partial charge in [0.1, 0.15) is 5.76 Å². The summed E-state index contributed by atoms with van der Waals surface area (Å²) < 4.78 is 10.3. The highest BCUT2D eigenvalue weighted by Crippen LogP contribution is 2.19. The number of aromatic nitrogens is 4. The van der Waals surface area contributed by atoms with Crippen LogP contribution < -0.4 is 11.1 Å². The van der Waals surface area contributed by atoms with Crippen molar-refractivity contribution in [3.8, 4) is 5.82 Å². The first-order valence-corrected chi connectivity index (χ1v) is 9.97. The topological polar surface area (TPSA) is 75.0 Å². The van der Waals surface area contributed by atoms with E-state index in [2.05, 4.69) is 4.98 Å². The van der Waals surface area contributed by atoms with Crippen molar-refractivity contribution < 1.29 is 4.42 Å². The Labute approximate surface area is 177 Å². The average Bonchev–Trinajstić information content (AvgIpc) is 3.39. The van der Waals surface area contributed by atoms with E-state index in [1.807, 2.05) is 47.1 Å². The summed E-state index contributed by atoms with van der Waals surface area (Å²) in [5.41, 5.74) is 1.79. The number of aryl methyl sites for hydroxylation is 1. The second-order valence-electron chi connectivity index (χ2n) is 7.34. The molecule has 0 amide bonds. The molecule has 5 aromatic rings. The van der Waals surface area contributed by atoms with Crippen LogP contribution in [-0.2, 0) is 13.1 Å². The minimum atomic E-state index is -0.213. The highest BCUT2D eigenvalue weighted by atomic mass is 16.3. The zero-order valence-electron chi connectivity index (χ0n) is 16.9. The molecule has 0 atom stereocenters. The van der Waals surface area contributed by atoms with Crippen molar-refractivity contribution in [1.82, 2.24) is 18.9 Å². The molecule has 4 aromatic heterocycles. The van der Waals surface area contributed by atoms with Crippen molar-refractivity contribution in [2.45, 2.75) is 20.0 Å². The van der Waals surface area contributed by atoms with Crippen molar-refractivity contribution in [3.63, 3.8) is 0 Å². The van der Waals surface area contributed by atoms with Crippen LogP contribution in [0.25, 0.3) is 16.7 Å². The molecular formula is C24H20N4O3. The third-order valence-electron chi connectivity index (χ3n) is 5.41. The lowest BCUT2D eigenvalue weighted by atomic mass is 10.2. The zero-order chi connectivity index (χ0) is 21.4. The van der Waals surface area contributed by atoms with Crippen LogP contribution >= 0.6 is 0 Å².